The Balaban J connectivity index is 1.80. The average Bonchev–Trinajstić information content (AvgIpc) is 3.00. The quantitative estimate of drug-likeness (QED) is 0.567. The first-order valence-electron chi connectivity index (χ1n) is 7.15. The van der Waals surface area contributed by atoms with Crippen LogP contribution >= 0.6 is 0 Å². The molecule has 114 valence electrons. The Hall–Kier alpha value is -1.69. The number of hydrogen-bond donors (Lipinski definition) is 0. The van der Waals surface area contributed by atoms with Crippen LogP contribution in [0.2, 0.25) is 0 Å². The van der Waals surface area contributed by atoms with Gasteiger partial charge in [-0.2, -0.15) is 0 Å². The van der Waals surface area contributed by atoms with Gasteiger partial charge in [-0.1, -0.05) is 12.2 Å². The molecular weight excluding hydrogens is 276 g/mol. The zero-order chi connectivity index (χ0) is 15.1. The lowest BCUT2D eigenvalue weighted by Crippen LogP contribution is -2.52. The molecule has 1 saturated carbocycles. The highest BCUT2D eigenvalue weighted by molar-refractivity contribution is 5.88. The Labute approximate surface area is 122 Å². The number of rotatable bonds is 3. The standard InChI is InChI=1S/C15H18O6/c1-7(16)19-6-11-14(18)12-9-3-4-10(5-9)13(12)15(21-11)20-8(2)17/h3-4,9-13,15H,5-6H2,1-2H3/t9-,10+,11+,12-,13+,15+/m0/s1. The first-order chi connectivity index (χ1) is 9.97. The highest BCUT2D eigenvalue weighted by atomic mass is 16.7. The molecule has 1 heterocycles. The maximum atomic E-state index is 12.6. The Morgan fingerprint density at radius 3 is 2.62 bits per heavy atom. The van der Waals surface area contributed by atoms with E-state index in [0.717, 1.165) is 6.42 Å². The van der Waals surface area contributed by atoms with Crippen molar-refractivity contribution in [1.29, 1.82) is 0 Å². The van der Waals surface area contributed by atoms with Crippen molar-refractivity contribution in [2.75, 3.05) is 6.61 Å². The maximum absolute atomic E-state index is 12.6. The smallest absolute Gasteiger partial charge is 0.304 e. The van der Waals surface area contributed by atoms with Crippen LogP contribution in [-0.4, -0.2) is 36.7 Å². The Kier molecular flexibility index (Phi) is 3.57. The summed E-state index contributed by atoms with van der Waals surface area (Å²) in [5.41, 5.74) is 0. The van der Waals surface area contributed by atoms with Crippen LogP contribution < -0.4 is 0 Å². The van der Waals surface area contributed by atoms with Gasteiger partial charge in [-0.3, -0.25) is 14.4 Å². The molecule has 0 N–H and O–H groups in total. The molecule has 2 aliphatic carbocycles. The van der Waals surface area contributed by atoms with Crippen molar-refractivity contribution in [2.45, 2.75) is 32.7 Å². The van der Waals surface area contributed by atoms with E-state index in [-0.39, 0.29) is 36.1 Å². The number of carbonyl (C=O) groups excluding carboxylic acids is 3. The number of allylic oxidation sites excluding steroid dienone is 2. The van der Waals surface area contributed by atoms with Crippen molar-refractivity contribution in [2.24, 2.45) is 23.7 Å². The summed E-state index contributed by atoms with van der Waals surface area (Å²) in [4.78, 5) is 34.7. The van der Waals surface area contributed by atoms with Gasteiger partial charge >= 0.3 is 11.9 Å². The van der Waals surface area contributed by atoms with Crippen molar-refractivity contribution in [3.05, 3.63) is 12.2 Å². The minimum absolute atomic E-state index is 0.0542. The summed E-state index contributed by atoms with van der Waals surface area (Å²) >= 11 is 0. The normalized spacial score (nSPS) is 40.0. The second-order valence-corrected chi connectivity index (χ2v) is 5.86. The van der Waals surface area contributed by atoms with Gasteiger partial charge in [0.15, 0.2) is 11.9 Å². The summed E-state index contributed by atoms with van der Waals surface area (Å²) in [5, 5.41) is 0. The van der Waals surface area contributed by atoms with Gasteiger partial charge in [0.25, 0.3) is 0 Å². The molecule has 0 unspecified atom stereocenters. The molecule has 21 heavy (non-hydrogen) atoms. The molecule has 0 amide bonds. The summed E-state index contributed by atoms with van der Waals surface area (Å²) in [6.45, 7) is 2.47. The van der Waals surface area contributed by atoms with E-state index < -0.39 is 24.3 Å². The summed E-state index contributed by atoms with van der Waals surface area (Å²) in [5.74, 6) is -0.904. The second kappa shape index (κ2) is 5.26. The third kappa shape index (κ3) is 2.48. The predicted molar refractivity (Wildman–Crippen MR) is 69.8 cm³/mol. The number of carbonyl (C=O) groups is 3. The Morgan fingerprint density at radius 1 is 1.24 bits per heavy atom. The number of ketones is 1. The zero-order valence-corrected chi connectivity index (χ0v) is 12.0. The molecule has 2 fully saturated rings. The van der Waals surface area contributed by atoms with E-state index in [1.54, 1.807) is 0 Å². The minimum atomic E-state index is -0.854. The van der Waals surface area contributed by atoms with E-state index in [1.165, 1.54) is 13.8 Å². The van der Waals surface area contributed by atoms with E-state index in [1.807, 2.05) is 0 Å². The number of hydrogen-bond acceptors (Lipinski definition) is 6. The number of ether oxygens (including phenoxy) is 3. The van der Waals surface area contributed by atoms with Crippen molar-refractivity contribution in [3.8, 4) is 0 Å². The lowest BCUT2D eigenvalue weighted by Gasteiger charge is -2.40. The fourth-order valence-electron chi connectivity index (χ4n) is 3.75. The highest BCUT2D eigenvalue weighted by Gasteiger charge is 2.57. The fraction of sp³-hybridized carbons (Fsp3) is 0.667. The largest absolute Gasteiger partial charge is 0.463 e. The molecule has 2 bridgehead atoms. The van der Waals surface area contributed by atoms with E-state index in [0.29, 0.717) is 0 Å². The molecule has 0 spiro atoms. The molecule has 6 atom stereocenters. The van der Waals surface area contributed by atoms with Crippen LogP contribution in [0, 0.1) is 23.7 Å². The van der Waals surface area contributed by atoms with Gasteiger partial charge in [0, 0.05) is 25.7 Å². The lowest BCUT2D eigenvalue weighted by molar-refractivity contribution is -0.232. The van der Waals surface area contributed by atoms with Crippen LogP contribution in [0.1, 0.15) is 20.3 Å². The van der Waals surface area contributed by atoms with Gasteiger partial charge < -0.3 is 14.2 Å². The van der Waals surface area contributed by atoms with Gasteiger partial charge in [-0.15, -0.1) is 0 Å². The van der Waals surface area contributed by atoms with E-state index in [2.05, 4.69) is 12.2 Å². The lowest BCUT2D eigenvalue weighted by atomic mass is 9.76. The first kappa shape index (κ1) is 14.3. The van der Waals surface area contributed by atoms with Crippen molar-refractivity contribution in [1.82, 2.24) is 0 Å². The first-order valence-corrected chi connectivity index (χ1v) is 7.15. The van der Waals surface area contributed by atoms with Crippen LogP contribution in [0.4, 0.5) is 0 Å². The SMILES string of the molecule is CC(=O)OC[C@H]1O[C@@H](OC(C)=O)[C@H]2[C@@H](C1=O)[C@H]1C=C[C@@H]2C1. The third-order valence-corrected chi connectivity index (χ3v) is 4.50. The third-order valence-electron chi connectivity index (χ3n) is 4.50. The van der Waals surface area contributed by atoms with Gasteiger partial charge in [0.1, 0.15) is 6.61 Å². The van der Waals surface area contributed by atoms with Crippen LogP contribution in [-0.2, 0) is 28.6 Å². The number of Topliss-reactive ketones (excluding diaryl/α,β-unsaturated/α-hetero) is 1. The molecule has 0 aromatic rings. The summed E-state index contributed by atoms with van der Waals surface area (Å²) in [7, 11) is 0. The van der Waals surface area contributed by atoms with Crippen LogP contribution in [0.15, 0.2) is 12.2 Å². The number of fused-ring (bicyclic) bond motifs is 5. The summed E-state index contributed by atoms with van der Waals surface area (Å²) in [6, 6.07) is 0. The van der Waals surface area contributed by atoms with E-state index in [9.17, 15) is 14.4 Å². The minimum Gasteiger partial charge on any atom is -0.463 e. The van der Waals surface area contributed by atoms with Crippen molar-refractivity contribution < 1.29 is 28.6 Å². The van der Waals surface area contributed by atoms with Gasteiger partial charge in [0.2, 0.25) is 6.29 Å². The van der Waals surface area contributed by atoms with Gasteiger partial charge in [-0.05, 0) is 18.3 Å². The molecule has 0 radical (unpaired) electrons. The average molecular weight is 294 g/mol. The van der Waals surface area contributed by atoms with Crippen molar-refractivity contribution >= 4 is 17.7 Å². The van der Waals surface area contributed by atoms with E-state index in [4.69, 9.17) is 14.2 Å². The highest BCUT2D eigenvalue weighted by Crippen LogP contribution is 2.53. The zero-order valence-electron chi connectivity index (χ0n) is 12.0. The van der Waals surface area contributed by atoms with E-state index >= 15 is 0 Å². The number of esters is 2. The van der Waals surface area contributed by atoms with Gasteiger partial charge in [0.05, 0.1) is 0 Å². The molecule has 1 saturated heterocycles. The molecule has 3 aliphatic rings. The molecule has 6 heteroatoms. The summed E-state index contributed by atoms with van der Waals surface area (Å²) < 4.78 is 15.8. The molecule has 0 aromatic heterocycles. The molecule has 0 aromatic carbocycles. The Bertz CT molecular complexity index is 510. The monoisotopic (exact) mass is 294 g/mol. The van der Waals surface area contributed by atoms with Crippen LogP contribution in [0.5, 0.6) is 0 Å². The Morgan fingerprint density at radius 2 is 1.95 bits per heavy atom. The fourth-order valence-corrected chi connectivity index (χ4v) is 3.75. The molecule has 3 rings (SSSR count). The van der Waals surface area contributed by atoms with Crippen molar-refractivity contribution in [3.63, 3.8) is 0 Å². The second-order valence-electron chi connectivity index (χ2n) is 5.86. The topological polar surface area (TPSA) is 78.9 Å². The molecular formula is C15H18O6. The molecule has 1 aliphatic heterocycles. The molecule has 6 nitrogen and oxygen atoms in total. The van der Waals surface area contributed by atoms with Crippen LogP contribution in [0.25, 0.3) is 0 Å². The summed E-state index contributed by atoms with van der Waals surface area (Å²) in [6.07, 6.45) is 3.43. The predicted octanol–water partition coefficient (Wildman–Crippen LogP) is 0.845. The van der Waals surface area contributed by atoms with Gasteiger partial charge in [-0.25, -0.2) is 0 Å². The maximum Gasteiger partial charge on any atom is 0.304 e. The van der Waals surface area contributed by atoms with Crippen LogP contribution in [0.3, 0.4) is 0 Å².